The van der Waals surface area contributed by atoms with E-state index >= 15 is 0 Å². The minimum Gasteiger partial charge on any atom is -0.497 e. The number of aromatic nitrogens is 2. The molecular weight excluding hydrogens is 278 g/mol. The van der Waals surface area contributed by atoms with Gasteiger partial charge in [0, 0.05) is 37.0 Å². The third-order valence-electron chi connectivity index (χ3n) is 4.10. The summed E-state index contributed by atoms with van der Waals surface area (Å²) in [5, 5.41) is 0. The summed E-state index contributed by atoms with van der Waals surface area (Å²) >= 11 is 0. The molecule has 0 amide bonds. The molecule has 22 heavy (non-hydrogen) atoms. The highest BCUT2D eigenvalue weighted by molar-refractivity contribution is 5.42. The van der Waals surface area contributed by atoms with Crippen molar-refractivity contribution in [3.05, 3.63) is 42.0 Å². The summed E-state index contributed by atoms with van der Waals surface area (Å²) in [6.07, 6.45) is 3.81. The first-order valence-corrected chi connectivity index (χ1v) is 7.51. The fourth-order valence-corrected chi connectivity index (χ4v) is 2.56. The van der Waals surface area contributed by atoms with E-state index in [0.29, 0.717) is 0 Å². The quantitative estimate of drug-likeness (QED) is 0.788. The van der Waals surface area contributed by atoms with Crippen LogP contribution in [0, 0.1) is 0 Å². The highest BCUT2D eigenvalue weighted by atomic mass is 16.5. The lowest BCUT2D eigenvalue weighted by Gasteiger charge is -2.26. The van der Waals surface area contributed by atoms with Gasteiger partial charge in [0.15, 0.2) is 0 Å². The van der Waals surface area contributed by atoms with Crippen molar-refractivity contribution in [2.45, 2.75) is 33.0 Å². The number of aryl methyl sites for hydroxylation is 1. The van der Waals surface area contributed by atoms with Gasteiger partial charge in [-0.1, -0.05) is 6.07 Å². The van der Waals surface area contributed by atoms with E-state index in [-0.39, 0.29) is 6.04 Å². The lowest BCUT2D eigenvalue weighted by molar-refractivity contribution is 0.241. The standard InChI is InChI=1S/C17H25N3O2/c1-6-20-12-18-10-14(20)11-19(3)13(2)16-8-7-15(21-4)9-17(16)22-5/h7-10,12-13H,6,11H2,1-5H3/t13-/m0/s1. The fraction of sp³-hybridized carbons (Fsp3) is 0.471. The van der Waals surface area contributed by atoms with Crippen molar-refractivity contribution < 1.29 is 9.47 Å². The molecule has 0 saturated heterocycles. The van der Waals surface area contributed by atoms with E-state index < -0.39 is 0 Å². The lowest BCUT2D eigenvalue weighted by Crippen LogP contribution is -2.23. The molecule has 1 heterocycles. The van der Waals surface area contributed by atoms with Crippen LogP contribution in [0.3, 0.4) is 0 Å². The molecule has 2 aromatic rings. The van der Waals surface area contributed by atoms with Crippen molar-refractivity contribution in [2.24, 2.45) is 0 Å². The Hall–Kier alpha value is -2.01. The molecule has 0 aliphatic carbocycles. The first-order valence-electron chi connectivity index (χ1n) is 7.51. The maximum Gasteiger partial charge on any atom is 0.127 e. The molecule has 0 N–H and O–H groups in total. The predicted octanol–water partition coefficient (Wildman–Crippen LogP) is 3.11. The zero-order chi connectivity index (χ0) is 16.1. The molecule has 0 unspecified atom stereocenters. The van der Waals surface area contributed by atoms with Crippen LogP contribution in [0.1, 0.15) is 31.1 Å². The number of hydrogen-bond acceptors (Lipinski definition) is 4. The molecule has 5 nitrogen and oxygen atoms in total. The van der Waals surface area contributed by atoms with Gasteiger partial charge < -0.3 is 14.0 Å². The molecule has 1 aromatic heterocycles. The summed E-state index contributed by atoms with van der Waals surface area (Å²) in [4.78, 5) is 6.51. The Morgan fingerprint density at radius 3 is 2.68 bits per heavy atom. The van der Waals surface area contributed by atoms with Gasteiger partial charge in [0.1, 0.15) is 11.5 Å². The van der Waals surface area contributed by atoms with Crippen molar-refractivity contribution in [1.82, 2.24) is 14.5 Å². The first-order chi connectivity index (χ1) is 10.6. The fourth-order valence-electron chi connectivity index (χ4n) is 2.56. The summed E-state index contributed by atoms with van der Waals surface area (Å²) in [6, 6.07) is 6.19. The van der Waals surface area contributed by atoms with Crippen LogP contribution in [-0.2, 0) is 13.1 Å². The topological polar surface area (TPSA) is 39.5 Å². The molecule has 0 saturated carbocycles. The van der Waals surface area contributed by atoms with Crippen molar-refractivity contribution in [2.75, 3.05) is 21.3 Å². The Bertz CT molecular complexity index is 610. The second-order valence-corrected chi connectivity index (χ2v) is 5.37. The minimum absolute atomic E-state index is 0.223. The van der Waals surface area contributed by atoms with E-state index in [4.69, 9.17) is 9.47 Å². The van der Waals surface area contributed by atoms with Gasteiger partial charge in [-0.15, -0.1) is 0 Å². The Morgan fingerprint density at radius 2 is 2.05 bits per heavy atom. The number of imidazole rings is 1. The SMILES string of the molecule is CCn1cncc1CN(C)[C@@H](C)c1ccc(OC)cc1OC. The molecule has 0 radical (unpaired) electrons. The number of ether oxygens (including phenoxy) is 2. The highest BCUT2D eigenvalue weighted by Gasteiger charge is 2.18. The second-order valence-electron chi connectivity index (χ2n) is 5.37. The van der Waals surface area contributed by atoms with Gasteiger partial charge in [0.2, 0.25) is 0 Å². The van der Waals surface area contributed by atoms with Crippen LogP contribution in [-0.4, -0.2) is 35.7 Å². The lowest BCUT2D eigenvalue weighted by atomic mass is 10.1. The molecule has 0 aliphatic heterocycles. The average Bonchev–Trinajstić information content (AvgIpc) is 3.00. The minimum atomic E-state index is 0.223. The Morgan fingerprint density at radius 1 is 1.27 bits per heavy atom. The highest BCUT2D eigenvalue weighted by Crippen LogP contribution is 2.32. The van der Waals surface area contributed by atoms with Gasteiger partial charge in [-0.25, -0.2) is 4.98 Å². The number of benzene rings is 1. The van der Waals surface area contributed by atoms with E-state index in [0.717, 1.165) is 30.2 Å². The zero-order valence-corrected chi connectivity index (χ0v) is 14.0. The van der Waals surface area contributed by atoms with Gasteiger partial charge in [-0.2, -0.15) is 0 Å². The molecular formula is C17H25N3O2. The maximum atomic E-state index is 5.52. The molecule has 2 rings (SSSR count). The van der Waals surface area contributed by atoms with Crippen LogP contribution in [0.2, 0.25) is 0 Å². The van der Waals surface area contributed by atoms with E-state index in [1.165, 1.54) is 5.69 Å². The van der Waals surface area contributed by atoms with Crippen LogP contribution >= 0.6 is 0 Å². The summed E-state index contributed by atoms with van der Waals surface area (Å²) in [5.41, 5.74) is 2.36. The molecule has 120 valence electrons. The monoisotopic (exact) mass is 303 g/mol. The van der Waals surface area contributed by atoms with E-state index in [1.54, 1.807) is 14.2 Å². The summed E-state index contributed by atoms with van der Waals surface area (Å²) in [7, 11) is 5.47. The first kappa shape index (κ1) is 16.4. The van der Waals surface area contributed by atoms with Gasteiger partial charge in [-0.3, -0.25) is 4.90 Å². The van der Waals surface area contributed by atoms with Crippen molar-refractivity contribution >= 4 is 0 Å². The number of nitrogens with zero attached hydrogens (tertiary/aromatic N) is 3. The zero-order valence-electron chi connectivity index (χ0n) is 14.0. The molecule has 0 aliphatic rings. The van der Waals surface area contributed by atoms with Crippen molar-refractivity contribution in [3.63, 3.8) is 0 Å². The van der Waals surface area contributed by atoms with Crippen LogP contribution in [0.25, 0.3) is 0 Å². The van der Waals surface area contributed by atoms with Gasteiger partial charge in [-0.05, 0) is 27.0 Å². The van der Waals surface area contributed by atoms with E-state index in [9.17, 15) is 0 Å². The third-order valence-corrected chi connectivity index (χ3v) is 4.10. The molecule has 1 aromatic carbocycles. The smallest absolute Gasteiger partial charge is 0.127 e. The van der Waals surface area contributed by atoms with E-state index in [1.807, 2.05) is 24.7 Å². The molecule has 0 bridgehead atoms. The average molecular weight is 303 g/mol. The van der Waals surface area contributed by atoms with Crippen LogP contribution in [0.4, 0.5) is 0 Å². The third kappa shape index (κ3) is 3.42. The van der Waals surface area contributed by atoms with Crippen molar-refractivity contribution in [1.29, 1.82) is 0 Å². The number of hydrogen-bond donors (Lipinski definition) is 0. The number of rotatable bonds is 7. The van der Waals surface area contributed by atoms with Gasteiger partial charge >= 0.3 is 0 Å². The van der Waals surface area contributed by atoms with Crippen molar-refractivity contribution in [3.8, 4) is 11.5 Å². The van der Waals surface area contributed by atoms with Crippen LogP contribution in [0.15, 0.2) is 30.7 Å². The second kappa shape index (κ2) is 7.31. The predicted molar refractivity (Wildman–Crippen MR) is 87.3 cm³/mol. The Balaban J connectivity index is 2.18. The Kier molecular flexibility index (Phi) is 5.44. The number of methoxy groups -OCH3 is 2. The molecule has 0 fully saturated rings. The molecule has 0 spiro atoms. The van der Waals surface area contributed by atoms with Crippen LogP contribution < -0.4 is 9.47 Å². The van der Waals surface area contributed by atoms with Crippen LogP contribution in [0.5, 0.6) is 11.5 Å². The normalized spacial score (nSPS) is 12.5. The molecule has 1 atom stereocenters. The van der Waals surface area contributed by atoms with Gasteiger partial charge in [0.25, 0.3) is 0 Å². The summed E-state index contributed by atoms with van der Waals surface area (Å²) in [5.74, 6) is 1.65. The van der Waals surface area contributed by atoms with E-state index in [2.05, 4.69) is 41.4 Å². The summed E-state index contributed by atoms with van der Waals surface area (Å²) < 4.78 is 12.9. The summed E-state index contributed by atoms with van der Waals surface area (Å²) in [6.45, 7) is 6.08. The van der Waals surface area contributed by atoms with Gasteiger partial charge in [0.05, 0.1) is 26.2 Å². The maximum absolute atomic E-state index is 5.52. The molecule has 5 heteroatoms. The largest absolute Gasteiger partial charge is 0.497 e. The Labute approximate surface area is 132 Å².